The molecule has 0 saturated carbocycles. The van der Waals surface area contributed by atoms with Crippen molar-refractivity contribution in [3.05, 3.63) is 82.6 Å². The fourth-order valence-corrected chi connectivity index (χ4v) is 4.75. The third-order valence-corrected chi connectivity index (χ3v) is 6.66. The van der Waals surface area contributed by atoms with Crippen LogP contribution in [0.15, 0.2) is 70.9 Å². The van der Waals surface area contributed by atoms with E-state index < -0.39 is 0 Å². The molecule has 0 aromatic heterocycles. The molecule has 0 fully saturated rings. The Kier molecular flexibility index (Phi) is 6.34. The summed E-state index contributed by atoms with van der Waals surface area (Å²) in [5.74, 6) is 0.682. The summed E-state index contributed by atoms with van der Waals surface area (Å²) in [4.78, 5) is 36.8. The topological polar surface area (TPSA) is 65.5 Å². The zero-order chi connectivity index (χ0) is 23.5. The SMILES string of the molecule is CCc1ccc(CN2C(=O)C3=C(CCN(C(=O)OCc4ccccc4)C3)N3CCCN=C23)cc1. The Labute approximate surface area is 200 Å². The van der Waals surface area contributed by atoms with E-state index in [4.69, 9.17) is 9.73 Å². The van der Waals surface area contributed by atoms with Gasteiger partial charge in [0, 0.05) is 31.8 Å². The number of guanidine groups is 1. The van der Waals surface area contributed by atoms with Gasteiger partial charge in [-0.15, -0.1) is 0 Å². The number of aryl methyl sites for hydroxylation is 1. The third kappa shape index (κ3) is 4.42. The van der Waals surface area contributed by atoms with E-state index in [1.165, 1.54) is 5.56 Å². The summed E-state index contributed by atoms with van der Waals surface area (Å²) in [6.45, 7) is 5.18. The van der Waals surface area contributed by atoms with Crippen molar-refractivity contribution >= 4 is 18.0 Å². The van der Waals surface area contributed by atoms with Gasteiger partial charge in [-0.3, -0.25) is 14.7 Å². The van der Waals surface area contributed by atoms with E-state index in [0.29, 0.717) is 25.1 Å². The molecule has 0 radical (unpaired) electrons. The Bertz CT molecular complexity index is 1120. The van der Waals surface area contributed by atoms with Gasteiger partial charge in [-0.2, -0.15) is 0 Å². The highest BCUT2D eigenvalue weighted by atomic mass is 16.6. The number of hydrogen-bond acceptors (Lipinski definition) is 5. The van der Waals surface area contributed by atoms with Gasteiger partial charge in [-0.1, -0.05) is 61.5 Å². The second kappa shape index (κ2) is 9.71. The zero-order valence-electron chi connectivity index (χ0n) is 19.6. The van der Waals surface area contributed by atoms with Gasteiger partial charge < -0.3 is 14.5 Å². The van der Waals surface area contributed by atoms with Gasteiger partial charge in [-0.05, 0) is 29.5 Å². The zero-order valence-corrected chi connectivity index (χ0v) is 19.6. The third-order valence-electron chi connectivity index (χ3n) is 6.66. The number of carbonyl (C=O) groups excluding carboxylic acids is 2. The molecule has 2 amide bonds. The van der Waals surface area contributed by atoms with Crippen molar-refractivity contribution in [1.29, 1.82) is 0 Å². The molecule has 34 heavy (non-hydrogen) atoms. The van der Waals surface area contributed by atoms with E-state index in [1.54, 1.807) is 9.80 Å². The maximum Gasteiger partial charge on any atom is 0.410 e. The van der Waals surface area contributed by atoms with Crippen LogP contribution in [0, 0.1) is 0 Å². The van der Waals surface area contributed by atoms with E-state index in [1.807, 2.05) is 30.3 Å². The molecular weight excluding hydrogens is 428 g/mol. The standard InChI is InChI=1S/C27H30N4O3/c1-2-20-9-11-21(12-10-20)17-31-25(32)23-18-29(27(33)34-19-22-7-4-3-5-8-22)16-13-24(23)30-15-6-14-28-26(30)31/h3-5,7-12H,2,6,13-19H2,1H3. The lowest BCUT2D eigenvalue weighted by atomic mass is 9.99. The first-order chi connectivity index (χ1) is 16.6. The summed E-state index contributed by atoms with van der Waals surface area (Å²) in [5, 5.41) is 0. The summed E-state index contributed by atoms with van der Waals surface area (Å²) >= 11 is 0. The number of fused-ring (bicyclic) bond motifs is 2. The van der Waals surface area contributed by atoms with Crippen LogP contribution in [0.5, 0.6) is 0 Å². The molecule has 7 heteroatoms. The minimum absolute atomic E-state index is 0.0629. The van der Waals surface area contributed by atoms with Crippen LogP contribution in [0.1, 0.15) is 36.5 Å². The maximum absolute atomic E-state index is 13.7. The van der Waals surface area contributed by atoms with Gasteiger partial charge in [0.1, 0.15) is 6.61 Å². The Balaban J connectivity index is 1.34. The summed E-state index contributed by atoms with van der Waals surface area (Å²) in [6.07, 6.45) is 2.18. The van der Waals surface area contributed by atoms with E-state index in [0.717, 1.165) is 48.7 Å². The second-order valence-electron chi connectivity index (χ2n) is 8.89. The van der Waals surface area contributed by atoms with E-state index in [2.05, 4.69) is 36.1 Å². The predicted molar refractivity (Wildman–Crippen MR) is 130 cm³/mol. The Morgan fingerprint density at radius 3 is 2.53 bits per heavy atom. The Morgan fingerprint density at radius 1 is 1.00 bits per heavy atom. The van der Waals surface area contributed by atoms with Gasteiger partial charge in [-0.25, -0.2) is 4.79 Å². The molecule has 0 atom stereocenters. The smallest absolute Gasteiger partial charge is 0.410 e. The van der Waals surface area contributed by atoms with Gasteiger partial charge in [0.05, 0.1) is 18.7 Å². The van der Waals surface area contributed by atoms with Crippen molar-refractivity contribution in [2.45, 2.75) is 39.3 Å². The highest BCUT2D eigenvalue weighted by molar-refractivity contribution is 6.09. The molecule has 176 valence electrons. The van der Waals surface area contributed by atoms with Crippen molar-refractivity contribution < 1.29 is 14.3 Å². The Morgan fingerprint density at radius 2 is 1.76 bits per heavy atom. The first-order valence-corrected chi connectivity index (χ1v) is 12.0. The summed E-state index contributed by atoms with van der Waals surface area (Å²) in [7, 11) is 0. The highest BCUT2D eigenvalue weighted by Crippen LogP contribution is 2.32. The van der Waals surface area contributed by atoms with Crippen LogP contribution in [-0.2, 0) is 29.1 Å². The molecular formula is C27H30N4O3. The molecule has 0 unspecified atom stereocenters. The maximum atomic E-state index is 13.7. The molecule has 3 heterocycles. The number of aliphatic imine (C=N–C) groups is 1. The van der Waals surface area contributed by atoms with Crippen LogP contribution >= 0.6 is 0 Å². The van der Waals surface area contributed by atoms with Crippen molar-refractivity contribution in [1.82, 2.24) is 14.7 Å². The number of benzene rings is 2. The molecule has 0 aliphatic carbocycles. The quantitative estimate of drug-likeness (QED) is 0.681. The lowest BCUT2D eigenvalue weighted by Crippen LogP contribution is -2.57. The first-order valence-electron chi connectivity index (χ1n) is 12.0. The fourth-order valence-electron chi connectivity index (χ4n) is 4.75. The molecule has 0 N–H and O–H groups in total. The van der Waals surface area contributed by atoms with Gasteiger partial charge >= 0.3 is 6.09 Å². The lowest BCUT2D eigenvalue weighted by Gasteiger charge is -2.45. The van der Waals surface area contributed by atoms with E-state index in [9.17, 15) is 9.59 Å². The van der Waals surface area contributed by atoms with Crippen LogP contribution in [0.4, 0.5) is 4.79 Å². The van der Waals surface area contributed by atoms with E-state index >= 15 is 0 Å². The van der Waals surface area contributed by atoms with Gasteiger partial charge in [0.25, 0.3) is 5.91 Å². The number of rotatable bonds is 5. The van der Waals surface area contributed by atoms with Crippen molar-refractivity contribution in [3.63, 3.8) is 0 Å². The van der Waals surface area contributed by atoms with Crippen LogP contribution in [0.3, 0.4) is 0 Å². The first kappa shape index (κ1) is 22.2. The molecule has 5 rings (SSSR count). The normalized spacial score (nSPS) is 17.9. The van der Waals surface area contributed by atoms with E-state index in [-0.39, 0.29) is 25.2 Å². The largest absolute Gasteiger partial charge is 0.445 e. The van der Waals surface area contributed by atoms with Gasteiger partial charge in [0.2, 0.25) is 5.96 Å². The summed E-state index contributed by atoms with van der Waals surface area (Å²) < 4.78 is 5.54. The minimum Gasteiger partial charge on any atom is -0.445 e. The molecule has 7 nitrogen and oxygen atoms in total. The number of ether oxygens (including phenoxy) is 1. The molecule has 0 spiro atoms. The molecule has 3 aliphatic rings. The van der Waals surface area contributed by atoms with Crippen LogP contribution < -0.4 is 0 Å². The van der Waals surface area contributed by atoms with Crippen LogP contribution in [0.2, 0.25) is 0 Å². The number of amides is 2. The predicted octanol–water partition coefficient (Wildman–Crippen LogP) is 3.95. The Hall–Kier alpha value is -3.61. The van der Waals surface area contributed by atoms with Crippen molar-refractivity contribution in [3.8, 4) is 0 Å². The molecule has 0 bridgehead atoms. The number of hydrogen-bond donors (Lipinski definition) is 0. The lowest BCUT2D eigenvalue weighted by molar-refractivity contribution is -0.125. The molecule has 0 saturated heterocycles. The minimum atomic E-state index is -0.386. The average Bonchev–Trinajstić information content (AvgIpc) is 2.90. The van der Waals surface area contributed by atoms with Crippen molar-refractivity contribution in [2.24, 2.45) is 4.99 Å². The fraction of sp³-hybridized carbons (Fsp3) is 0.370. The number of carbonyl (C=O) groups is 2. The van der Waals surface area contributed by atoms with Crippen LogP contribution in [-0.4, -0.2) is 58.8 Å². The van der Waals surface area contributed by atoms with Crippen molar-refractivity contribution in [2.75, 3.05) is 26.2 Å². The van der Waals surface area contributed by atoms with Gasteiger partial charge in [0.15, 0.2) is 0 Å². The van der Waals surface area contributed by atoms with Crippen LogP contribution in [0.25, 0.3) is 0 Å². The highest BCUT2D eigenvalue weighted by Gasteiger charge is 2.41. The summed E-state index contributed by atoms with van der Waals surface area (Å²) in [6, 6.07) is 18.0. The molecule has 2 aromatic rings. The molecule has 2 aromatic carbocycles. The molecule has 3 aliphatic heterocycles. The number of nitrogens with zero attached hydrogens (tertiary/aromatic N) is 4. The average molecular weight is 459 g/mol. The monoisotopic (exact) mass is 458 g/mol. The second-order valence-corrected chi connectivity index (χ2v) is 8.89. The summed E-state index contributed by atoms with van der Waals surface area (Å²) in [5.41, 5.74) is 4.96.